The molecule has 0 radical (unpaired) electrons. The van der Waals surface area contributed by atoms with Crippen LogP contribution in [-0.2, 0) is 19.1 Å². The van der Waals surface area contributed by atoms with E-state index in [1.54, 1.807) is 12.1 Å². The molecule has 2 N–H and O–H groups in total. The maximum atomic E-state index is 12.7. The lowest BCUT2D eigenvalue weighted by Gasteiger charge is -2.14. The summed E-state index contributed by atoms with van der Waals surface area (Å²) in [5.74, 6) is 0.384. The number of benzene rings is 1. The van der Waals surface area contributed by atoms with Crippen molar-refractivity contribution in [1.82, 2.24) is 4.98 Å². The lowest BCUT2D eigenvalue weighted by molar-refractivity contribution is -0.141. The fraction of sp³-hybridized carbons (Fsp3) is 0.267. The molecule has 0 fully saturated rings. The Labute approximate surface area is 120 Å². The SMILES string of the molecule is CCc1ccccc1Oc1nc(C(F)(F)F)ccc1CN. The number of nitrogens with two attached hydrogens (primary N) is 1. The van der Waals surface area contributed by atoms with E-state index in [-0.39, 0.29) is 12.4 Å². The number of ether oxygens (including phenoxy) is 1. The first kappa shape index (κ1) is 15.3. The monoisotopic (exact) mass is 296 g/mol. The molecule has 0 atom stereocenters. The molecule has 2 rings (SSSR count). The number of nitrogens with zero attached hydrogens (tertiary/aromatic N) is 1. The lowest BCUT2D eigenvalue weighted by Crippen LogP contribution is -2.11. The predicted molar refractivity (Wildman–Crippen MR) is 73.0 cm³/mol. The highest BCUT2D eigenvalue weighted by atomic mass is 19.4. The molecule has 112 valence electrons. The number of alkyl halides is 3. The summed E-state index contributed by atoms with van der Waals surface area (Å²) < 4.78 is 43.8. The molecule has 1 aromatic heterocycles. The Kier molecular flexibility index (Phi) is 4.47. The number of rotatable bonds is 4. The molecule has 0 amide bonds. The molecule has 0 saturated heterocycles. The summed E-state index contributed by atoms with van der Waals surface area (Å²) in [6.07, 6.45) is -3.82. The molecule has 0 aliphatic rings. The van der Waals surface area contributed by atoms with Crippen LogP contribution < -0.4 is 10.5 Å². The molecular weight excluding hydrogens is 281 g/mol. The van der Waals surface area contributed by atoms with Gasteiger partial charge in [0, 0.05) is 12.1 Å². The van der Waals surface area contributed by atoms with Crippen molar-refractivity contribution in [2.24, 2.45) is 5.73 Å². The van der Waals surface area contributed by atoms with E-state index in [1.165, 1.54) is 6.07 Å². The van der Waals surface area contributed by atoms with Gasteiger partial charge in [-0.15, -0.1) is 0 Å². The van der Waals surface area contributed by atoms with Gasteiger partial charge in [0.05, 0.1) is 0 Å². The van der Waals surface area contributed by atoms with Gasteiger partial charge in [0.1, 0.15) is 11.4 Å². The van der Waals surface area contributed by atoms with E-state index in [9.17, 15) is 13.2 Å². The Morgan fingerprint density at radius 2 is 1.81 bits per heavy atom. The zero-order valence-electron chi connectivity index (χ0n) is 11.4. The van der Waals surface area contributed by atoms with E-state index in [0.29, 0.717) is 17.7 Å². The molecule has 0 saturated carbocycles. The number of hydrogen-bond donors (Lipinski definition) is 1. The smallest absolute Gasteiger partial charge is 0.433 e. The Morgan fingerprint density at radius 1 is 1.10 bits per heavy atom. The van der Waals surface area contributed by atoms with Crippen molar-refractivity contribution in [3.8, 4) is 11.6 Å². The Bertz CT molecular complexity index is 627. The van der Waals surface area contributed by atoms with Crippen LogP contribution in [0.2, 0.25) is 0 Å². The molecule has 0 bridgehead atoms. The third-order valence-corrected chi connectivity index (χ3v) is 3.01. The molecule has 0 aliphatic carbocycles. The van der Waals surface area contributed by atoms with Crippen molar-refractivity contribution in [3.05, 3.63) is 53.2 Å². The molecule has 6 heteroatoms. The molecule has 0 spiro atoms. The highest BCUT2D eigenvalue weighted by molar-refractivity contribution is 5.39. The topological polar surface area (TPSA) is 48.1 Å². The van der Waals surface area contributed by atoms with Gasteiger partial charge in [0.15, 0.2) is 0 Å². The van der Waals surface area contributed by atoms with Gasteiger partial charge in [-0.25, -0.2) is 4.98 Å². The number of aromatic nitrogens is 1. The molecular formula is C15H15F3N2O. The van der Waals surface area contributed by atoms with E-state index in [0.717, 1.165) is 11.6 Å². The number of para-hydroxylation sites is 1. The van der Waals surface area contributed by atoms with Gasteiger partial charge in [-0.3, -0.25) is 0 Å². The second kappa shape index (κ2) is 6.13. The number of halogens is 3. The van der Waals surface area contributed by atoms with Crippen LogP contribution in [0.1, 0.15) is 23.7 Å². The standard InChI is InChI=1S/C15H15F3N2O/c1-2-10-5-3-4-6-12(10)21-14-11(9-19)7-8-13(20-14)15(16,17)18/h3-8H,2,9,19H2,1H3. The van der Waals surface area contributed by atoms with Crippen LogP contribution in [0.5, 0.6) is 11.6 Å². The van der Waals surface area contributed by atoms with Gasteiger partial charge >= 0.3 is 6.18 Å². The highest BCUT2D eigenvalue weighted by Gasteiger charge is 2.33. The quantitative estimate of drug-likeness (QED) is 0.930. The Hall–Kier alpha value is -2.08. The summed E-state index contributed by atoms with van der Waals surface area (Å²) >= 11 is 0. The molecule has 0 unspecified atom stereocenters. The summed E-state index contributed by atoms with van der Waals surface area (Å²) in [5, 5.41) is 0. The summed E-state index contributed by atoms with van der Waals surface area (Å²) in [7, 11) is 0. The Balaban J connectivity index is 2.42. The van der Waals surface area contributed by atoms with Crippen LogP contribution in [0.4, 0.5) is 13.2 Å². The van der Waals surface area contributed by atoms with Crippen molar-refractivity contribution in [2.45, 2.75) is 26.1 Å². The van der Waals surface area contributed by atoms with E-state index in [1.807, 2.05) is 19.1 Å². The van der Waals surface area contributed by atoms with Crippen molar-refractivity contribution in [2.75, 3.05) is 0 Å². The summed E-state index contributed by atoms with van der Waals surface area (Å²) in [5.41, 5.74) is 5.85. The molecule has 1 aromatic carbocycles. The van der Waals surface area contributed by atoms with Gasteiger partial charge in [-0.1, -0.05) is 31.2 Å². The summed E-state index contributed by atoms with van der Waals surface area (Å²) in [6.45, 7) is 1.99. The second-order valence-corrected chi connectivity index (χ2v) is 4.43. The second-order valence-electron chi connectivity index (χ2n) is 4.43. The van der Waals surface area contributed by atoms with Crippen molar-refractivity contribution in [3.63, 3.8) is 0 Å². The molecule has 0 aliphatic heterocycles. The summed E-state index contributed by atoms with van der Waals surface area (Å²) in [4.78, 5) is 3.56. The van der Waals surface area contributed by atoms with Crippen LogP contribution in [0.25, 0.3) is 0 Å². The minimum absolute atomic E-state index is 0.0504. The van der Waals surface area contributed by atoms with E-state index in [2.05, 4.69) is 4.98 Å². The first-order valence-electron chi connectivity index (χ1n) is 6.48. The number of aryl methyl sites for hydroxylation is 1. The third kappa shape index (κ3) is 3.52. The molecule has 1 heterocycles. The van der Waals surface area contributed by atoms with E-state index < -0.39 is 11.9 Å². The van der Waals surface area contributed by atoms with E-state index >= 15 is 0 Å². The van der Waals surface area contributed by atoms with Gasteiger partial charge < -0.3 is 10.5 Å². The van der Waals surface area contributed by atoms with Crippen LogP contribution in [0.3, 0.4) is 0 Å². The normalized spacial score (nSPS) is 11.5. The van der Waals surface area contributed by atoms with Crippen LogP contribution in [0, 0.1) is 0 Å². The zero-order valence-corrected chi connectivity index (χ0v) is 11.4. The fourth-order valence-corrected chi connectivity index (χ4v) is 1.87. The third-order valence-electron chi connectivity index (χ3n) is 3.01. The van der Waals surface area contributed by atoms with Crippen LogP contribution in [0.15, 0.2) is 36.4 Å². The van der Waals surface area contributed by atoms with Gasteiger partial charge in [-0.2, -0.15) is 13.2 Å². The number of hydrogen-bond acceptors (Lipinski definition) is 3. The van der Waals surface area contributed by atoms with Crippen molar-refractivity contribution in [1.29, 1.82) is 0 Å². The largest absolute Gasteiger partial charge is 0.438 e. The maximum absolute atomic E-state index is 12.7. The van der Waals surface area contributed by atoms with Gasteiger partial charge in [0.2, 0.25) is 5.88 Å². The number of pyridine rings is 1. The van der Waals surface area contributed by atoms with Crippen LogP contribution in [-0.4, -0.2) is 4.98 Å². The predicted octanol–water partition coefficient (Wildman–Crippen LogP) is 3.91. The van der Waals surface area contributed by atoms with Crippen LogP contribution >= 0.6 is 0 Å². The zero-order chi connectivity index (χ0) is 15.5. The van der Waals surface area contributed by atoms with E-state index in [4.69, 9.17) is 10.5 Å². The average Bonchev–Trinajstić information content (AvgIpc) is 2.47. The minimum atomic E-state index is -4.52. The molecule has 21 heavy (non-hydrogen) atoms. The Morgan fingerprint density at radius 3 is 2.43 bits per heavy atom. The van der Waals surface area contributed by atoms with Gasteiger partial charge in [0.25, 0.3) is 0 Å². The average molecular weight is 296 g/mol. The fourth-order valence-electron chi connectivity index (χ4n) is 1.87. The highest BCUT2D eigenvalue weighted by Crippen LogP contribution is 2.32. The van der Waals surface area contributed by atoms with Crippen molar-refractivity contribution < 1.29 is 17.9 Å². The van der Waals surface area contributed by atoms with Gasteiger partial charge in [-0.05, 0) is 24.1 Å². The first-order valence-corrected chi connectivity index (χ1v) is 6.48. The molecule has 2 aromatic rings. The summed E-state index contributed by atoms with van der Waals surface area (Å²) in [6, 6.07) is 9.34. The first-order chi connectivity index (χ1) is 9.95. The minimum Gasteiger partial charge on any atom is -0.438 e. The lowest BCUT2D eigenvalue weighted by atomic mass is 10.1. The molecule has 3 nitrogen and oxygen atoms in total. The maximum Gasteiger partial charge on any atom is 0.433 e. The van der Waals surface area contributed by atoms with Crippen molar-refractivity contribution >= 4 is 0 Å².